The van der Waals surface area contributed by atoms with Crippen LogP contribution in [0.3, 0.4) is 0 Å². The van der Waals surface area contributed by atoms with E-state index in [1.54, 1.807) is 6.07 Å². The molecule has 1 aromatic carbocycles. The fourth-order valence-electron chi connectivity index (χ4n) is 1.11. The molecule has 3 heteroatoms. The molecule has 0 N–H and O–H groups in total. The number of rotatable bonds is 3. The van der Waals surface area contributed by atoms with Crippen molar-refractivity contribution in [2.75, 3.05) is 18.5 Å². The van der Waals surface area contributed by atoms with Gasteiger partial charge in [0.05, 0.1) is 5.69 Å². The van der Waals surface area contributed by atoms with Crippen LogP contribution in [0.25, 0.3) is 0 Å². The minimum atomic E-state index is -0.152. The third-order valence-corrected chi connectivity index (χ3v) is 2.70. The second-order valence-electron chi connectivity index (χ2n) is 2.93. The van der Waals surface area contributed by atoms with E-state index in [2.05, 4.69) is 15.9 Å². The van der Waals surface area contributed by atoms with Crippen LogP contribution in [-0.4, -0.2) is 13.6 Å². The molecule has 0 unspecified atom stereocenters. The molecule has 0 saturated heterocycles. The Morgan fingerprint density at radius 3 is 2.62 bits per heavy atom. The van der Waals surface area contributed by atoms with Gasteiger partial charge in [-0.1, -0.05) is 22.0 Å². The van der Waals surface area contributed by atoms with E-state index in [9.17, 15) is 4.39 Å². The molecule has 0 heterocycles. The third kappa shape index (κ3) is 2.44. The molecule has 0 aromatic heterocycles. The molecular weight excluding hydrogens is 233 g/mol. The lowest BCUT2D eigenvalue weighted by Crippen LogP contribution is -2.17. The molecule has 0 aliphatic rings. The molecule has 0 aliphatic heterocycles. The summed E-state index contributed by atoms with van der Waals surface area (Å²) < 4.78 is 13.4. The van der Waals surface area contributed by atoms with Gasteiger partial charge in [0.1, 0.15) is 5.82 Å². The highest BCUT2D eigenvalue weighted by molar-refractivity contribution is 9.08. The van der Waals surface area contributed by atoms with Crippen molar-refractivity contribution in [3.8, 4) is 0 Å². The lowest BCUT2D eigenvalue weighted by Gasteiger charge is -2.17. The monoisotopic (exact) mass is 245 g/mol. The molecule has 0 aliphatic carbocycles. The van der Waals surface area contributed by atoms with Crippen molar-refractivity contribution in [1.29, 1.82) is 0 Å². The standard InChI is InChI=1S/C10H13BrFN/c1-3-13(2)10-5-4-8(7-11)6-9(10)12/h4-6H,3,7H2,1-2H3. The first kappa shape index (κ1) is 10.5. The van der Waals surface area contributed by atoms with Crippen LogP contribution in [-0.2, 0) is 5.33 Å². The normalized spacial score (nSPS) is 10.2. The van der Waals surface area contributed by atoms with Crippen molar-refractivity contribution in [3.63, 3.8) is 0 Å². The highest BCUT2D eigenvalue weighted by Crippen LogP contribution is 2.20. The van der Waals surface area contributed by atoms with Crippen LogP contribution >= 0.6 is 15.9 Å². The van der Waals surface area contributed by atoms with E-state index in [1.165, 1.54) is 0 Å². The second kappa shape index (κ2) is 4.61. The summed E-state index contributed by atoms with van der Waals surface area (Å²) in [6, 6.07) is 5.31. The van der Waals surface area contributed by atoms with Crippen molar-refractivity contribution >= 4 is 21.6 Å². The van der Waals surface area contributed by atoms with Gasteiger partial charge in [-0.3, -0.25) is 0 Å². The molecule has 0 bridgehead atoms. The van der Waals surface area contributed by atoms with Gasteiger partial charge < -0.3 is 4.90 Å². The zero-order chi connectivity index (χ0) is 9.84. The maximum atomic E-state index is 13.4. The summed E-state index contributed by atoms with van der Waals surface area (Å²) in [4.78, 5) is 1.88. The molecule has 0 spiro atoms. The number of nitrogens with zero attached hydrogens (tertiary/aromatic N) is 1. The number of hydrogen-bond donors (Lipinski definition) is 0. The van der Waals surface area contributed by atoms with Crippen LogP contribution in [0.1, 0.15) is 12.5 Å². The Bertz CT molecular complexity index is 288. The van der Waals surface area contributed by atoms with Gasteiger partial charge in [0.15, 0.2) is 0 Å². The second-order valence-corrected chi connectivity index (χ2v) is 3.49. The first-order chi connectivity index (χ1) is 6.19. The summed E-state index contributed by atoms with van der Waals surface area (Å²) in [7, 11) is 1.88. The highest BCUT2D eigenvalue weighted by Gasteiger charge is 2.05. The Hall–Kier alpha value is -0.570. The Labute approximate surface area is 86.7 Å². The molecule has 0 atom stereocenters. The first-order valence-electron chi connectivity index (χ1n) is 4.24. The van der Waals surface area contributed by atoms with Crippen molar-refractivity contribution in [2.45, 2.75) is 12.3 Å². The van der Waals surface area contributed by atoms with Gasteiger partial charge in [0.25, 0.3) is 0 Å². The van der Waals surface area contributed by atoms with E-state index in [0.29, 0.717) is 11.0 Å². The number of hydrogen-bond acceptors (Lipinski definition) is 1. The summed E-state index contributed by atoms with van der Waals surface area (Å²) in [5.41, 5.74) is 1.62. The van der Waals surface area contributed by atoms with Crippen LogP contribution in [0.2, 0.25) is 0 Å². The van der Waals surface area contributed by atoms with E-state index < -0.39 is 0 Å². The summed E-state index contributed by atoms with van der Waals surface area (Å²) >= 11 is 3.29. The molecule has 0 saturated carbocycles. The molecule has 1 aromatic rings. The van der Waals surface area contributed by atoms with E-state index >= 15 is 0 Å². The number of anilines is 1. The van der Waals surface area contributed by atoms with E-state index in [-0.39, 0.29) is 5.82 Å². The van der Waals surface area contributed by atoms with Gasteiger partial charge in [-0.25, -0.2) is 4.39 Å². The summed E-state index contributed by atoms with van der Waals surface area (Å²) in [6.45, 7) is 2.81. The first-order valence-corrected chi connectivity index (χ1v) is 5.36. The topological polar surface area (TPSA) is 3.24 Å². The molecule has 72 valence electrons. The summed E-state index contributed by atoms with van der Waals surface area (Å²) in [5.74, 6) is -0.152. The number of benzene rings is 1. The number of alkyl halides is 1. The van der Waals surface area contributed by atoms with Crippen molar-refractivity contribution in [3.05, 3.63) is 29.6 Å². The summed E-state index contributed by atoms with van der Waals surface area (Å²) in [5, 5.41) is 0.694. The van der Waals surface area contributed by atoms with Crippen LogP contribution in [0.15, 0.2) is 18.2 Å². The Balaban J connectivity index is 2.98. The highest BCUT2D eigenvalue weighted by atomic mass is 79.9. The maximum Gasteiger partial charge on any atom is 0.146 e. The summed E-state index contributed by atoms with van der Waals surface area (Å²) in [6.07, 6.45) is 0. The molecule has 0 amide bonds. The van der Waals surface area contributed by atoms with Crippen LogP contribution in [0.5, 0.6) is 0 Å². The van der Waals surface area contributed by atoms with Gasteiger partial charge in [-0.15, -0.1) is 0 Å². The molecular formula is C10H13BrFN. The van der Waals surface area contributed by atoms with Crippen LogP contribution in [0, 0.1) is 5.82 Å². The fraction of sp³-hybridized carbons (Fsp3) is 0.400. The van der Waals surface area contributed by atoms with E-state index in [0.717, 1.165) is 12.1 Å². The Morgan fingerprint density at radius 1 is 1.46 bits per heavy atom. The molecule has 13 heavy (non-hydrogen) atoms. The smallest absolute Gasteiger partial charge is 0.146 e. The molecule has 0 radical (unpaired) electrons. The average Bonchev–Trinajstić information content (AvgIpc) is 2.16. The SMILES string of the molecule is CCN(C)c1ccc(CBr)cc1F. The van der Waals surface area contributed by atoms with Gasteiger partial charge in [0.2, 0.25) is 0 Å². The number of halogens is 2. The van der Waals surface area contributed by atoms with Crippen molar-refractivity contribution in [1.82, 2.24) is 0 Å². The lowest BCUT2D eigenvalue weighted by molar-refractivity contribution is 0.622. The predicted octanol–water partition coefficient (Wildman–Crippen LogP) is 3.18. The van der Waals surface area contributed by atoms with Gasteiger partial charge in [0, 0.05) is 18.9 Å². The molecule has 1 nitrogen and oxygen atoms in total. The molecule has 0 fully saturated rings. The third-order valence-electron chi connectivity index (χ3n) is 2.05. The van der Waals surface area contributed by atoms with Crippen molar-refractivity contribution in [2.24, 2.45) is 0 Å². The Morgan fingerprint density at radius 2 is 2.15 bits per heavy atom. The lowest BCUT2D eigenvalue weighted by atomic mass is 10.2. The van der Waals surface area contributed by atoms with Gasteiger partial charge in [-0.2, -0.15) is 0 Å². The predicted molar refractivity (Wildman–Crippen MR) is 58.0 cm³/mol. The molecule has 1 rings (SSSR count). The quantitative estimate of drug-likeness (QED) is 0.740. The fourth-order valence-corrected chi connectivity index (χ4v) is 1.46. The Kier molecular flexibility index (Phi) is 3.72. The van der Waals surface area contributed by atoms with Crippen molar-refractivity contribution < 1.29 is 4.39 Å². The average molecular weight is 246 g/mol. The minimum absolute atomic E-state index is 0.152. The van der Waals surface area contributed by atoms with E-state index in [4.69, 9.17) is 0 Å². The van der Waals surface area contributed by atoms with Gasteiger partial charge in [-0.05, 0) is 24.6 Å². The zero-order valence-corrected chi connectivity index (χ0v) is 9.44. The van der Waals surface area contributed by atoms with E-state index in [1.807, 2.05) is 31.0 Å². The van der Waals surface area contributed by atoms with Crippen LogP contribution in [0.4, 0.5) is 10.1 Å². The van der Waals surface area contributed by atoms with Gasteiger partial charge >= 0.3 is 0 Å². The largest absolute Gasteiger partial charge is 0.373 e. The maximum absolute atomic E-state index is 13.4. The van der Waals surface area contributed by atoms with Crippen LogP contribution < -0.4 is 4.90 Å². The zero-order valence-electron chi connectivity index (χ0n) is 7.85. The minimum Gasteiger partial charge on any atom is -0.373 e.